The van der Waals surface area contributed by atoms with Gasteiger partial charge in [-0.25, -0.2) is 0 Å². The molecule has 2 N–H and O–H groups in total. The third kappa shape index (κ3) is 2.38. The first-order valence-corrected chi connectivity index (χ1v) is 6.22. The summed E-state index contributed by atoms with van der Waals surface area (Å²) in [4.78, 5) is 0. The molecule has 0 unspecified atom stereocenters. The quantitative estimate of drug-likeness (QED) is 0.845. The van der Waals surface area contributed by atoms with E-state index in [0.29, 0.717) is 5.92 Å². The van der Waals surface area contributed by atoms with Gasteiger partial charge in [0.15, 0.2) is 0 Å². The maximum Gasteiger partial charge on any atom is 0.122 e. The smallest absolute Gasteiger partial charge is 0.122 e. The van der Waals surface area contributed by atoms with Gasteiger partial charge in [-0.1, -0.05) is 25.0 Å². The Balaban J connectivity index is 2.27. The first-order chi connectivity index (χ1) is 7.85. The van der Waals surface area contributed by atoms with Gasteiger partial charge < -0.3 is 10.5 Å². The lowest BCUT2D eigenvalue weighted by Gasteiger charge is -2.15. The van der Waals surface area contributed by atoms with Crippen molar-refractivity contribution in [1.29, 1.82) is 0 Å². The highest BCUT2D eigenvalue weighted by Crippen LogP contribution is 2.39. The zero-order valence-corrected chi connectivity index (χ0v) is 10.0. The molecule has 0 aliphatic heterocycles. The van der Waals surface area contributed by atoms with Gasteiger partial charge in [0.25, 0.3) is 0 Å². The van der Waals surface area contributed by atoms with Crippen molar-refractivity contribution >= 4 is 0 Å². The van der Waals surface area contributed by atoms with E-state index in [9.17, 15) is 0 Å². The van der Waals surface area contributed by atoms with Crippen LogP contribution in [0.1, 0.15) is 42.7 Å². The molecule has 0 heterocycles. The van der Waals surface area contributed by atoms with E-state index < -0.39 is 0 Å². The van der Waals surface area contributed by atoms with Crippen molar-refractivity contribution in [2.45, 2.75) is 38.0 Å². The molecule has 1 aliphatic carbocycles. The third-order valence-corrected chi connectivity index (χ3v) is 3.52. The first-order valence-electron chi connectivity index (χ1n) is 6.22. The molecule has 1 aromatic rings. The summed E-state index contributed by atoms with van der Waals surface area (Å²) in [5.41, 5.74) is 8.34. The topological polar surface area (TPSA) is 35.2 Å². The summed E-state index contributed by atoms with van der Waals surface area (Å²) >= 11 is 0. The molecule has 16 heavy (non-hydrogen) atoms. The van der Waals surface area contributed by atoms with E-state index in [-0.39, 0.29) is 0 Å². The highest BCUT2D eigenvalue weighted by Gasteiger charge is 2.20. The fourth-order valence-electron chi connectivity index (χ4n) is 2.66. The van der Waals surface area contributed by atoms with Gasteiger partial charge in [-0.2, -0.15) is 0 Å². The molecule has 1 fully saturated rings. The number of nitrogens with two attached hydrogens (primary N) is 1. The molecule has 1 aromatic carbocycles. The Hall–Kier alpha value is -1.02. The van der Waals surface area contributed by atoms with Crippen LogP contribution < -0.4 is 10.5 Å². The molecule has 88 valence electrons. The molecule has 0 saturated heterocycles. The minimum Gasteiger partial charge on any atom is -0.496 e. The molecule has 0 spiro atoms. The Morgan fingerprint density at radius 2 is 2.06 bits per heavy atom. The van der Waals surface area contributed by atoms with Gasteiger partial charge >= 0.3 is 0 Å². The van der Waals surface area contributed by atoms with E-state index in [2.05, 4.69) is 18.2 Å². The lowest BCUT2D eigenvalue weighted by Crippen LogP contribution is -2.04. The minimum absolute atomic E-state index is 0.702. The van der Waals surface area contributed by atoms with Crippen LogP contribution in [0.5, 0.6) is 5.75 Å². The van der Waals surface area contributed by atoms with Crippen molar-refractivity contribution in [2.24, 2.45) is 5.73 Å². The number of ether oxygens (including phenoxy) is 1. The highest BCUT2D eigenvalue weighted by molar-refractivity contribution is 5.40. The van der Waals surface area contributed by atoms with Crippen LogP contribution in [0, 0.1) is 0 Å². The van der Waals surface area contributed by atoms with Crippen molar-refractivity contribution in [2.75, 3.05) is 13.7 Å². The summed E-state index contributed by atoms with van der Waals surface area (Å²) in [6, 6.07) is 6.52. The Kier molecular flexibility index (Phi) is 3.83. The van der Waals surface area contributed by atoms with Gasteiger partial charge in [-0.3, -0.25) is 0 Å². The summed E-state index contributed by atoms with van der Waals surface area (Å²) in [7, 11) is 1.76. The van der Waals surface area contributed by atoms with Crippen molar-refractivity contribution < 1.29 is 4.74 Å². The number of hydrogen-bond donors (Lipinski definition) is 1. The highest BCUT2D eigenvalue weighted by atomic mass is 16.5. The van der Waals surface area contributed by atoms with Gasteiger partial charge in [-0.15, -0.1) is 0 Å². The van der Waals surface area contributed by atoms with Crippen LogP contribution in [0.3, 0.4) is 0 Å². The van der Waals surface area contributed by atoms with Crippen LogP contribution >= 0.6 is 0 Å². The Bertz CT molecular complexity index is 343. The molecule has 0 atom stereocenters. The van der Waals surface area contributed by atoms with Crippen LogP contribution in [-0.2, 0) is 6.42 Å². The third-order valence-electron chi connectivity index (χ3n) is 3.52. The molecular formula is C14H21NO. The largest absolute Gasteiger partial charge is 0.496 e. The van der Waals surface area contributed by atoms with Crippen LogP contribution in [0.25, 0.3) is 0 Å². The van der Waals surface area contributed by atoms with E-state index in [1.807, 2.05) is 0 Å². The number of rotatable bonds is 4. The summed E-state index contributed by atoms with van der Waals surface area (Å²) in [5, 5.41) is 0. The van der Waals surface area contributed by atoms with Crippen molar-refractivity contribution in [1.82, 2.24) is 0 Å². The standard InChI is InChI=1S/C14H21NO/c1-16-14-7-6-11(8-9-15)10-13(14)12-4-2-3-5-12/h6-7,10,12H,2-5,8-9,15H2,1H3. The summed E-state index contributed by atoms with van der Waals surface area (Å²) < 4.78 is 5.46. The molecule has 1 aliphatic rings. The van der Waals surface area contributed by atoms with Crippen LogP contribution in [0.2, 0.25) is 0 Å². The summed E-state index contributed by atoms with van der Waals surface area (Å²) in [6.07, 6.45) is 6.29. The Morgan fingerprint density at radius 1 is 1.31 bits per heavy atom. The fraction of sp³-hybridized carbons (Fsp3) is 0.571. The molecule has 2 nitrogen and oxygen atoms in total. The summed E-state index contributed by atoms with van der Waals surface area (Å²) in [5.74, 6) is 1.75. The monoisotopic (exact) mass is 219 g/mol. The van der Waals surface area contributed by atoms with Gasteiger partial charge in [0.1, 0.15) is 5.75 Å². The SMILES string of the molecule is COc1ccc(CCN)cc1C1CCCC1. The van der Waals surface area contributed by atoms with Crippen molar-refractivity contribution in [3.63, 3.8) is 0 Å². The second-order valence-corrected chi connectivity index (χ2v) is 4.60. The number of benzene rings is 1. The maximum absolute atomic E-state index is 5.60. The van der Waals surface area contributed by atoms with E-state index in [4.69, 9.17) is 10.5 Å². The van der Waals surface area contributed by atoms with Crippen LogP contribution in [0.15, 0.2) is 18.2 Å². The zero-order chi connectivity index (χ0) is 11.4. The molecule has 1 saturated carbocycles. The Labute approximate surface area is 97.8 Å². The molecule has 0 aromatic heterocycles. The molecule has 0 amide bonds. The predicted octanol–water partition coefficient (Wildman–Crippen LogP) is 2.85. The fourth-order valence-corrected chi connectivity index (χ4v) is 2.66. The minimum atomic E-state index is 0.702. The van der Waals surface area contributed by atoms with Crippen LogP contribution in [0.4, 0.5) is 0 Å². The molecule has 2 heteroatoms. The number of hydrogen-bond acceptors (Lipinski definition) is 2. The second kappa shape index (κ2) is 5.35. The molecule has 0 bridgehead atoms. The van der Waals surface area contributed by atoms with E-state index >= 15 is 0 Å². The molecule has 0 radical (unpaired) electrons. The summed E-state index contributed by atoms with van der Waals surface area (Å²) in [6.45, 7) is 0.719. The predicted molar refractivity (Wildman–Crippen MR) is 67.0 cm³/mol. The van der Waals surface area contributed by atoms with Crippen LogP contribution in [-0.4, -0.2) is 13.7 Å². The van der Waals surface area contributed by atoms with E-state index in [0.717, 1.165) is 18.7 Å². The van der Waals surface area contributed by atoms with Gasteiger partial charge in [0.05, 0.1) is 7.11 Å². The van der Waals surface area contributed by atoms with Gasteiger partial charge in [-0.05, 0) is 48.9 Å². The van der Waals surface area contributed by atoms with Crippen molar-refractivity contribution in [3.05, 3.63) is 29.3 Å². The average molecular weight is 219 g/mol. The van der Waals surface area contributed by atoms with E-state index in [1.54, 1.807) is 7.11 Å². The average Bonchev–Trinajstić information content (AvgIpc) is 2.83. The lowest BCUT2D eigenvalue weighted by molar-refractivity contribution is 0.405. The van der Waals surface area contributed by atoms with Gasteiger partial charge in [0, 0.05) is 0 Å². The van der Waals surface area contributed by atoms with E-state index in [1.165, 1.54) is 36.8 Å². The zero-order valence-electron chi connectivity index (χ0n) is 10.0. The maximum atomic E-state index is 5.60. The Morgan fingerprint density at radius 3 is 2.69 bits per heavy atom. The second-order valence-electron chi connectivity index (χ2n) is 4.60. The molecular weight excluding hydrogens is 198 g/mol. The number of methoxy groups -OCH3 is 1. The normalized spacial score (nSPS) is 16.6. The molecule has 2 rings (SSSR count). The van der Waals surface area contributed by atoms with Gasteiger partial charge in [0.2, 0.25) is 0 Å². The van der Waals surface area contributed by atoms with Crippen molar-refractivity contribution in [3.8, 4) is 5.75 Å². The lowest BCUT2D eigenvalue weighted by atomic mass is 9.94. The first kappa shape index (κ1) is 11.5.